The van der Waals surface area contributed by atoms with E-state index in [-0.39, 0.29) is 11.0 Å². The van der Waals surface area contributed by atoms with Crippen LogP contribution in [0.5, 0.6) is 5.75 Å². The average Bonchev–Trinajstić information content (AvgIpc) is 2.41. The van der Waals surface area contributed by atoms with E-state index in [0.717, 1.165) is 0 Å². The molecular weight excluding hydrogens is 280 g/mol. The first-order valence-corrected chi connectivity index (χ1v) is 8.03. The zero-order chi connectivity index (χ0) is 14.8. The van der Waals surface area contributed by atoms with Gasteiger partial charge in [0.1, 0.15) is 10.6 Å². The molecule has 0 amide bonds. The number of rotatable bonds is 4. The molecule has 0 aliphatic carbocycles. The van der Waals surface area contributed by atoms with Crippen LogP contribution in [0.2, 0.25) is 0 Å². The number of hydrogen-bond acceptors (Lipinski definition) is 5. The number of nitrogens with zero attached hydrogens (tertiary/aromatic N) is 1. The third-order valence-electron chi connectivity index (χ3n) is 3.09. The van der Waals surface area contributed by atoms with Crippen LogP contribution in [0.1, 0.15) is 13.8 Å². The number of nitrogens with two attached hydrogens (primary N) is 1. The van der Waals surface area contributed by atoms with Crippen LogP contribution in [0, 0.1) is 0 Å². The van der Waals surface area contributed by atoms with Crippen LogP contribution in [-0.4, -0.2) is 45.1 Å². The number of morpholine rings is 1. The lowest BCUT2D eigenvalue weighted by atomic mass is 10.3. The number of hydrogen-bond donors (Lipinski definition) is 1. The van der Waals surface area contributed by atoms with Gasteiger partial charge in [0.05, 0.1) is 19.3 Å². The summed E-state index contributed by atoms with van der Waals surface area (Å²) in [6.45, 7) is 5.13. The van der Waals surface area contributed by atoms with Crippen molar-refractivity contribution in [3.05, 3.63) is 18.2 Å². The van der Waals surface area contributed by atoms with Crippen molar-refractivity contribution in [1.82, 2.24) is 4.31 Å². The fourth-order valence-corrected chi connectivity index (χ4v) is 3.81. The van der Waals surface area contributed by atoms with Gasteiger partial charge in [-0.3, -0.25) is 0 Å². The number of anilines is 1. The van der Waals surface area contributed by atoms with Crippen molar-refractivity contribution in [2.75, 3.05) is 32.0 Å². The molecule has 1 aliphatic heterocycles. The Labute approximate surface area is 119 Å². The standard InChI is InChI=1S/C13H20N2O4S/c1-3-18-12-5-4-11(14)8-13(12)20(16,17)15-6-7-19-10(2)9-15/h4-5,8,10H,3,6-7,9,14H2,1-2H3. The highest BCUT2D eigenvalue weighted by molar-refractivity contribution is 7.89. The Bertz CT molecular complexity index is 574. The second-order valence-corrected chi connectivity index (χ2v) is 6.59. The number of sulfonamides is 1. The summed E-state index contributed by atoms with van der Waals surface area (Å²) < 4.78 is 37.6. The lowest BCUT2D eigenvalue weighted by Gasteiger charge is -2.30. The highest BCUT2D eigenvalue weighted by Crippen LogP contribution is 2.29. The van der Waals surface area contributed by atoms with Crippen molar-refractivity contribution < 1.29 is 17.9 Å². The maximum atomic E-state index is 12.7. The maximum Gasteiger partial charge on any atom is 0.247 e. The molecule has 20 heavy (non-hydrogen) atoms. The Hall–Kier alpha value is -1.31. The van der Waals surface area contributed by atoms with E-state index in [1.54, 1.807) is 12.1 Å². The summed E-state index contributed by atoms with van der Waals surface area (Å²) >= 11 is 0. The number of benzene rings is 1. The van der Waals surface area contributed by atoms with E-state index in [1.165, 1.54) is 10.4 Å². The largest absolute Gasteiger partial charge is 0.492 e. The van der Waals surface area contributed by atoms with Crippen molar-refractivity contribution in [2.45, 2.75) is 24.8 Å². The molecule has 1 fully saturated rings. The van der Waals surface area contributed by atoms with E-state index in [9.17, 15) is 8.42 Å². The van der Waals surface area contributed by atoms with E-state index in [0.29, 0.717) is 37.7 Å². The normalized spacial score (nSPS) is 20.8. The highest BCUT2D eigenvalue weighted by atomic mass is 32.2. The summed E-state index contributed by atoms with van der Waals surface area (Å²) in [5.74, 6) is 0.334. The molecule has 0 radical (unpaired) electrons. The SMILES string of the molecule is CCOc1ccc(N)cc1S(=O)(=O)N1CCOC(C)C1. The summed E-state index contributed by atoms with van der Waals surface area (Å²) in [5.41, 5.74) is 6.11. The molecule has 0 aromatic heterocycles. The molecule has 7 heteroatoms. The van der Waals surface area contributed by atoms with Gasteiger partial charge >= 0.3 is 0 Å². The van der Waals surface area contributed by atoms with Crippen molar-refractivity contribution in [1.29, 1.82) is 0 Å². The zero-order valence-corrected chi connectivity index (χ0v) is 12.5. The predicted molar refractivity (Wildman–Crippen MR) is 76.2 cm³/mol. The molecule has 112 valence electrons. The van der Waals surface area contributed by atoms with Crippen molar-refractivity contribution in [3.8, 4) is 5.75 Å². The van der Waals surface area contributed by atoms with Gasteiger partial charge in [0.15, 0.2) is 0 Å². The predicted octanol–water partition coefficient (Wildman–Crippen LogP) is 1.08. The fraction of sp³-hybridized carbons (Fsp3) is 0.538. The van der Waals surface area contributed by atoms with Crippen molar-refractivity contribution in [3.63, 3.8) is 0 Å². The minimum atomic E-state index is -3.62. The summed E-state index contributed by atoms with van der Waals surface area (Å²) in [5, 5.41) is 0. The summed E-state index contributed by atoms with van der Waals surface area (Å²) in [6.07, 6.45) is -0.116. The van der Waals surface area contributed by atoms with Crippen LogP contribution in [0.15, 0.2) is 23.1 Å². The molecule has 1 aromatic rings. The molecule has 1 unspecified atom stereocenters. The second-order valence-electron chi connectivity index (χ2n) is 4.68. The number of ether oxygens (including phenoxy) is 2. The van der Waals surface area contributed by atoms with Crippen molar-refractivity contribution >= 4 is 15.7 Å². The Balaban J connectivity index is 2.40. The minimum absolute atomic E-state index is 0.116. The molecule has 1 aromatic carbocycles. The molecule has 1 atom stereocenters. The van der Waals surface area contributed by atoms with Crippen LogP contribution in [0.4, 0.5) is 5.69 Å². The Morgan fingerprint density at radius 1 is 1.50 bits per heavy atom. The first-order valence-electron chi connectivity index (χ1n) is 6.59. The van der Waals surface area contributed by atoms with Gasteiger partial charge in [-0.05, 0) is 32.0 Å². The first kappa shape index (κ1) is 15.1. The van der Waals surface area contributed by atoms with Gasteiger partial charge in [-0.25, -0.2) is 8.42 Å². The van der Waals surface area contributed by atoms with Crippen LogP contribution in [-0.2, 0) is 14.8 Å². The van der Waals surface area contributed by atoms with Gasteiger partial charge in [-0.1, -0.05) is 0 Å². The van der Waals surface area contributed by atoms with Gasteiger partial charge in [0.2, 0.25) is 10.0 Å². The molecule has 2 rings (SSSR count). The summed E-state index contributed by atoms with van der Waals surface area (Å²) in [4.78, 5) is 0.119. The topological polar surface area (TPSA) is 81.9 Å². The van der Waals surface area contributed by atoms with Gasteiger partial charge in [0.25, 0.3) is 0 Å². The molecular formula is C13H20N2O4S. The zero-order valence-electron chi connectivity index (χ0n) is 11.7. The van der Waals surface area contributed by atoms with Crippen LogP contribution < -0.4 is 10.5 Å². The van der Waals surface area contributed by atoms with Crippen molar-refractivity contribution in [2.24, 2.45) is 0 Å². The molecule has 0 spiro atoms. The van der Waals surface area contributed by atoms with Gasteiger partial charge in [-0.2, -0.15) is 4.31 Å². The quantitative estimate of drug-likeness (QED) is 0.841. The van der Waals surface area contributed by atoms with E-state index >= 15 is 0 Å². The highest BCUT2D eigenvalue weighted by Gasteiger charge is 2.31. The molecule has 0 bridgehead atoms. The van der Waals surface area contributed by atoms with E-state index in [1.807, 2.05) is 13.8 Å². The van der Waals surface area contributed by atoms with Crippen LogP contribution in [0.25, 0.3) is 0 Å². The third kappa shape index (κ3) is 3.05. The van der Waals surface area contributed by atoms with Gasteiger partial charge in [0, 0.05) is 18.8 Å². The number of nitrogen functional groups attached to an aromatic ring is 1. The average molecular weight is 300 g/mol. The summed E-state index contributed by atoms with van der Waals surface area (Å²) in [7, 11) is -3.62. The van der Waals surface area contributed by atoms with Gasteiger partial charge in [-0.15, -0.1) is 0 Å². The van der Waals surface area contributed by atoms with Crippen LogP contribution in [0.3, 0.4) is 0 Å². The molecule has 1 aliphatic rings. The maximum absolute atomic E-state index is 12.7. The second kappa shape index (κ2) is 5.99. The Morgan fingerprint density at radius 2 is 2.25 bits per heavy atom. The lowest BCUT2D eigenvalue weighted by molar-refractivity contribution is 0.0101. The first-order chi connectivity index (χ1) is 9.45. The third-order valence-corrected chi connectivity index (χ3v) is 4.98. The Morgan fingerprint density at radius 3 is 2.90 bits per heavy atom. The molecule has 6 nitrogen and oxygen atoms in total. The fourth-order valence-electron chi connectivity index (χ4n) is 2.14. The minimum Gasteiger partial charge on any atom is -0.492 e. The van der Waals surface area contributed by atoms with E-state index < -0.39 is 10.0 Å². The molecule has 1 heterocycles. The molecule has 1 saturated heterocycles. The van der Waals surface area contributed by atoms with E-state index in [4.69, 9.17) is 15.2 Å². The lowest BCUT2D eigenvalue weighted by Crippen LogP contribution is -2.44. The molecule has 2 N–H and O–H groups in total. The monoisotopic (exact) mass is 300 g/mol. The smallest absolute Gasteiger partial charge is 0.247 e. The Kier molecular flexibility index (Phi) is 4.52. The van der Waals surface area contributed by atoms with E-state index in [2.05, 4.69) is 0 Å². The summed E-state index contributed by atoms with van der Waals surface area (Å²) in [6, 6.07) is 4.67. The van der Waals surface area contributed by atoms with Gasteiger partial charge < -0.3 is 15.2 Å². The molecule has 0 saturated carbocycles. The van der Waals surface area contributed by atoms with Crippen LogP contribution >= 0.6 is 0 Å².